The molecule has 0 fully saturated rings. The lowest BCUT2D eigenvalue weighted by Crippen LogP contribution is -2.18. The zero-order valence-electron chi connectivity index (χ0n) is 14.1. The smallest absolute Gasteiger partial charge is 0.257 e. The summed E-state index contributed by atoms with van der Waals surface area (Å²) in [6.07, 6.45) is 4.03. The van der Waals surface area contributed by atoms with Crippen molar-refractivity contribution in [2.45, 2.75) is 39.7 Å². The van der Waals surface area contributed by atoms with E-state index in [0.717, 1.165) is 30.8 Å². The van der Waals surface area contributed by atoms with Crippen LogP contribution in [0.2, 0.25) is 0 Å². The number of carbonyl (C=O) groups is 2. The number of nitrogens with zero attached hydrogens (tertiary/aromatic N) is 1. The molecule has 0 spiro atoms. The standard InChI is InChI=1S/C19H22N2O3/c1-3-21-12-15(18-16(21)6-5-7-17(18)22)19(23)20-13-8-10-14(11-9-13)24-4-2/h8-12H,3-7H2,1-2H3,(H,20,23). The van der Waals surface area contributed by atoms with Crippen LogP contribution < -0.4 is 10.1 Å². The van der Waals surface area contributed by atoms with Gasteiger partial charge in [0.15, 0.2) is 5.78 Å². The second-order valence-corrected chi connectivity index (χ2v) is 5.84. The maximum atomic E-state index is 12.7. The Hall–Kier alpha value is -2.56. The first kappa shape index (κ1) is 16.3. The predicted octanol–water partition coefficient (Wildman–Crippen LogP) is 3.68. The Balaban J connectivity index is 1.85. The highest BCUT2D eigenvalue weighted by molar-refractivity contribution is 6.13. The fraction of sp³-hybridized carbons (Fsp3) is 0.368. The third kappa shape index (κ3) is 3.07. The van der Waals surface area contributed by atoms with Crippen molar-refractivity contribution in [1.29, 1.82) is 0 Å². The molecule has 1 aromatic heterocycles. The van der Waals surface area contributed by atoms with Crippen molar-refractivity contribution in [2.24, 2.45) is 0 Å². The highest BCUT2D eigenvalue weighted by atomic mass is 16.5. The molecule has 2 aromatic rings. The molecule has 0 saturated heterocycles. The number of hydrogen-bond acceptors (Lipinski definition) is 3. The van der Waals surface area contributed by atoms with Gasteiger partial charge in [-0.2, -0.15) is 0 Å². The Bertz CT molecular complexity index is 760. The molecule has 5 heteroatoms. The lowest BCUT2D eigenvalue weighted by molar-refractivity contribution is 0.0956. The highest BCUT2D eigenvalue weighted by Gasteiger charge is 2.28. The Labute approximate surface area is 141 Å². The van der Waals surface area contributed by atoms with Gasteiger partial charge in [-0.1, -0.05) is 0 Å². The van der Waals surface area contributed by atoms with Crippen molar-refractivity contribution >= 4 is 17.4 Å². The third-order valence-corrected chi connectivity index (χ3v) is 4.29. The fourth-order valence-corrected chi connectivity index (χ4v) is 3.17. The Morgan fingerprint density at radius 3 is 2.62 bits per heavy atom. The van der Waals surface area contributed by atoms with Crippen molar-refractivity contribution in [3.63, 3.8) is 0 Å². The van der Waals surface area contributed by atoms with Gasteiger partial charge < -0.3 is 14.6 Å². The summed E-state index contributed by atoms with van der Waals surface area (Å²) in [7, 11) is 0. The number of fused-ring (bicyclic) bond motifs is 1. The van der Waals surface area contributed by atoms with E-state index in [1.165, 1.54) is 0 Å². The number of benzene rings is 1. The van der Waals surface area contributed by atoms with Crippen LogP contribution in [-0.2, 0) is 13.0 Å². The maximum Gasteiger partial charge on any atom is 0.257 e. The molecule has 1 N–H and O–H groups in total. The summed E-state index contributed by atoms with van der Waals surface area (Å²) in [6.45, 7) is 5.30. The van der Waals surface area contributed by atoms with Crippen LogP contribution in [-0.4, -0.2) is 22.9 Å². The molecule has 0 bridgehead atoms. The van der Waals surface area contributed by atoms with E-state index in [2.05, 4.69) is 5.32 Å². The average Bonchev–Trinajstić information content (AvgIpc) is 2.97. The van der Waals surface area contributed by atoms with Gasteiger partial charge in [0.05, 0.1) is 17.7 Å². The number of nitrogens with one attached hydrogen (secondary N) is 1. The maximum absolute atomic E-state index is 12.7. The van der Waals surface area contributed by atoms with Gasteiger partial charge in [-0.05, 0) is 51.0 Å². The molecular formula is C19H22N2O3. The summed E-state index contributed by atoms with van der Waals surface area (Å²) < 4.78 is 7.41. The average molecular weight is 326 g/mol. The van der Waals surface area contributed by atoms with E-state index in [9.17, 15) is 9.59 Å². The van der Waals surface area contributed by atoms with Crippen LogP contribution in [0.15, 0.2) is 30.5 Å². The van der Waals surface area contributed by atoms with E-state index < -0.39 is 0 Å². The van der Waals surface area contributed by atoms with Crippen LogP contribution in [0.5, 0.6) is 5.75 Å². The van der Waals surface area contributed by atoms with Gasteiger partial charge >= 0.3 is 0 Å². The number of ketones is 1. The first-order chi connectivity index (χ1) is 11.6. The Kier molecular flexibility index (Phi) is 4.69. The molecule has 0 unspecified atom stereocenters. The van der Waals surface area contributed by atoms with Gasteiger partial charge in [0.1, 0.15) is 5.75 Å². The predicted molar refractivity (Wildman–Crippen MR) is 92.9 cm³/mol. The van der Waals surface area contributed by atoms with Crippen LogP contribution in [0.25, 0.3) is 0 Å². The molecule has 0 saturated carbocycles. The number of aromatic nitrogens is 1. The first-order valence-electron chi connectivity index (χ1n) is 8.43. The molecule has 0 radical (unpaired) electrons. The summed E-state index contributed by atoms with van der Waals surface area (Å²) in [4.78, 5) is 25.0. The number of amides is 1. The van der Waals surface area contributed by atoms with Crippen molar-refractivity contribution in [3.8, 4) is 5.75 Å². The molecule has 1 aromatic carbocycles. The lowest BCUT2D eigenvalue weighted by Gasteiger charge is -2.14. The van der Waals surface area contributed by atoms with Gasteiger partial charge in [0.2, 0.25) is 0 Å². The highest BCUT2D eigenvalue weighted by Crippen LogP contribution is 2.27. The normalized spacial score (nSPS) is 13.5. The monoisotopic (exact) mass is 326 g/mol. The third-order valence-electron chi connectivity index (χ3n) is 4.29. The van der Waals surface area contributed by atoms with E-state index in [1.807, 2.05) is 30.5 Å². The first-order valence-corrected chi connectivity index (χ1v) is 8.43. The Morgan fingerprint density at radius 1 is 1.21 bits per heavy atom. The summed E-state index contributed by atoms with van der Waals surface area (Å²) in [5.74, 6) is 0.596. The molecule has 3 rings (SSSR count). The topological polar surface area (TPSA) is 60.3 Å². The van der Waals surface area contributed by atoms with Crippen LogP contribution in [0.4, 0.5) is 5.69 Å². The minimum Gasteiger partial charge on any atom is -0.494 e. The lowest BCUT2D eigenvalue weighted by atomic mass is 9.93. The SMILES string of the molecule is CCOc1ccc(NC(=O)c2cn(CC)c3c2C(=O)CCC3)cc1. The second kappa shape index (κ2) is 6.91. The van der Waals surface area contributed by atoms with Crippen LogP contribution in [0, 0.1) is 0 Å². The van der Waals surface area contributed by atoms with Crippen molar-refractivity contribution in [3.05, 3.63) is 47.3 Å². The largest absolute Gasteiger partial charge is 0.494 e. The number of aryl methyl sites for hydroxylation is 1. The molecular weight excluding hydrogens is 304 g/mol. The fourth-order valence-electron chi connectivity index (χ4n) is 3.17. The minimum atomic E-state index is -0.238. The van der Waals surface area contributed by atoms with Crippen LogP contribution in [0.3, 0.4) is 0 Å². The van der Waals surface area contributed by atoms with Gasteiger partial charge in [0, 0.05) is 30.5 Å². The summed E-state index contributed by atoms with van der Waals surface area (Å²) in [6, 6.07) is 7.23. The van der Waals surface area contributed by atoms with Crippen LogP contribution >= 0.6 is 0 Å². The molecule has 126 valence electrons. The summed E-state index contributed by atoms with van der Waals surface area (Å²) in [5, 5.41) is 2.88. The van der Waals surface area contributed by atoms with E-state index in [1.54, 1.807) is 18.3 Å². The second-order valence-electron chi connectivity index (χ2n) is 5.84. The van der Waals surface area contributed by atoms with E-state index >= 15 is 0 Å². The van der Waals surface area contributed by atoms with E-state index in [-0.39, 0.29) is 11.7 Å². The molecule has 24 heavy (non-hydrogen) atoms. The quantitative estimate of drug-likeness (QED) is 0.912. The number of hydrogen-bond donors (Lipinski definition) is 1. The zero-order chi connectivity index (χ0) is 17.1. The summed E-state index contributed by atoms with van der Waals surface area (Å²) >= 11 is 0. The molecule has 0 atom stereocenters. The molecule has 1 aliphatic carbocycles. The zero-order valence-corrected chi connectivity index (χ0v) is 14.1. The number of Topliss-reactive ketones (excluding diaryl/α,β-unsaturated/α-hetero) is 1. The number of anilines is 1. The van der Waals surface area contributed by atoms with Gasteiger partial charge in [-0.3, -0.25) is 9.59 Å². The minimum absolute atomic E-state index is 0.0697. The van der Waals surface area contributed by atoms with Gasteiger partial charge in [-0.25, -0.2) is 0 Å². The van der Waals surface area contributed by atoms with Gasteiger partial charge in [-0.15, -0.1) is 0 Å². The molecule has 1 heterocycles. The van der Waals surface area contributed by atoms with Crippen molar-refractivity contribution in [2.75, 3.05) is 11.9 Å². The number of rotatable bonds is 5. The molecule has 5 nitrogen and oxygen atoms in total. The van der Waals surface area contributed by atoms with E-state index in [4.69, 9.17) is 4.74 Å². The van der Waals surface area contributed by atoms with Crippen LogP contribution in [0.1, 0.15) is 53.1 Å². The van der Waals surface area contributed by atoms with Gasteiger partial charge in [0.25, 0.3) is 5.91 Å². The van der Waals surface area contributed by atoms with E-state index in [0.29, 0.717) is 29.8 Å². The van der Waals surface area contributed by atoms with Crippen molar-refractivity contribution in [1.82, 2.24) is 4.57 Å². The van der Waals surface area contributed by atoms with Crippen molar-refractivity contribution < 1.29 is 14.3 Å². The molecule has 1 amide bonds. The number of carbonyl (C=O) groups excluding carboxylic acids is 2. The molecule has 0 aliphatic heterocycles. The Morgan fingerprint density at radius 2 is 1.96 bits per heavy atom. The molecule has 1 aliphatic rings. The number of ether oxygens (including phenoxy) is 1. The summed E-state index contributed by atoms with van der Waals surface area (Å²) in [5.41, 5.74) is 2.76.